The summed E-state index contributed by atoms with van der Waals surface area (Å²) in [4.78, 5) is 10.4. The molecule has 0 aromatic heterocycles. The maximum atomic E-state index is 10.8. The zero-order valence-electron chi connectivity index (χ0n) is 7.34. The van der Waals surface area contributed by atoms with Crippen LogP contribution in [0.5, 0.6) is 0 Å². The number of hydrogen-bond acceptors (Lipinski definition) is 4. The van der Waals surface area contributed by atoms with E-state index in [1.54, 1.807) is 18.2 Å². The molecule has 0 spiro atoms. The fourth-order valence-electron chi connectivity index (χ4n) is 1.29. The Labute approximate surface area is 76.0 Å². The van der Waals surface area contributed by atoms with Gasteiger partial charge in [-0.25, -0.2) is 0 Å². The second-order valence-corrected chi connectivity index (χ2v) is 2.95. The van der Waals surface area contributed by atoms with Crippen molar-refractivity contribution in [3.63, 3.8) is 0 Å². The lowest BCUT2D eigenvalue weighted by Crippen LogP contribution is -2.55. The molecule has 0 bridgehead atoms. The smallest absolute Gasteiger partial charge is 0.281 e. The summed E-state index contributed by atoms with van der Waals surface area (Å²) in [7, 11) is 1.42. The maximum absolute atomic E-state index is 10.8. The number of allylic oxidation sites excluding steroid dienone is 2. The molecule has 2 atom stereocenters. The zero-order chi connectivity index (χ0) is 9.90. The van der Waals surface area contributed by atoms with E-state index in [1.165, 1.54) is 13.2 Å². The third-order valence-corrected chi connectivity index (χ3v) is 2.11. The maximum Gasteiger partial charge on any atom is 0.281 e. The van der Waals surface area contributed by atoms with Gasteiger partial charge in [0.1, 0.15) is 12.6 Å². The fourth-order valence-corrected chi connectivity index (χ4v) is 1.29. The predicted molar refractivity (Wildman–Crippen MR) is 47.9 cm³/mol. The van der Waals surface area contributed by atoms with Crippen molar-refractivity contribution < 1.29 is 9.66 Å². The van der Waals surface area contributed by atoms with Crippen LogP contribution in [-0.2, 0) is 4.74 Å². The molecule has 0 aromatic carbocycles. The van der Waals surface area contributed by atoms with Gasteiger partial charge in [0.2, 0.25) is 0 Å². The largest absolute Gasteiger partial charge is 0.377 e. The van der Waals surface area contributed by atoms with E-state index in [2.05, 4.69) is 0 Å². The topological polar surface area (TPSA) is 78.4 Å². The molecule has 0 saturated carbocycles. The molecule has 2 unspecified atom stereocenters. The van der Waals surface area contributed by atoms with Crippen molar-refractivity contribution in [1.82, 2.24) is 0 Å². The summed E-state index contributed by atoms with van der Waals surface area (Å²) in [5, 5.41) is 10.8. The Hall–Kier alpha value is -1.20. The highest BCUT2D eigenvalue weighted by atomic mass is 16.6. The normalized spacial score (nSPS) is 32.0. The van der Waals surface area contributed by atoms with Crippen LogP contribution in [0.2, 0.25) is 0 Å². The van der Waals surface area contributed by atoms with Crippen molar-refractivity contribution in [2.75, 3.05) is 13.7 Å². The van der Waals surface area contributed by atoms with Crippen LogP contribution in [0.1, 0.15) is 0 Å². The average Bonchev–Trinajstić information content (AvgIpc) is 2.09. The van der Waals surface area contributed by atoms with Crippen LogP contribution in [-0.4, -0.2) is 30.2 Å². The minimum atomic E-state index is -1.30. The van der Waals surface area contributed by atoms with Crippen molar-refractivity contribution in [1.29, 1.82) is 0 Å². The molecule has 0 fully saturated rings. The van der Waals surface area contributed by atoms with Gasteiger partial charge in [0.15, 0.2) is 0 Å². The summed E-state index contributed by atoms with van der Waals surface area (Å²) >= 11 is 0. The van der Waals surface area contributed by atoms with Crippen molar-refractivity contribution in [2.24, 2.45) is 5.73 Å². The average molecular weight is 184 g/mol. The third kappa shape index (κ3) is 1.61. The first-order chi connectivity index (χ1) is 6.13. The first-order valence-electron chi connectivity index (χ1n) is 3.88. The van der Waals surface area contributed by atoms with E-state index in [-0.39, 0.29) is 6.61 Å². The number of methoxy groups -OCH3 is 1. The summed E-state index contributed by atoms with van der Waals surface area (Å²) in [6.45, 7) is -0.0119. The van der Waals surface area contributed by atoms with Gasteiger partial charge in [-0.1, -0.05) is 18.2 Å². The van der Waals surface area contributed by atoms with Crippen LogP contribution in [0.15, 0.2) is 24.3 Å². The van der Waals surface area contributed by atoms with Crippen LogP contribution >= 0.6 is 0 Å². The Morgan fingerprint density at radius 1 is 1.69 bits per heavy atom. The highest BCUT2D eigenvalue weighted by Crippen LogP contribution is 2.20. The molecule has 0 radical (unpaired) electrons. The van der Waals surface area contributed by atoms with Gasteiger partial charge >= 0.3 is 0 Å². The summed E-state index contributed by atoms with van der Waals surface area (Å²) in [6.07, 6.45) is 6.39. The van der Waals surface area contributed by atoms with Gasteiger partial charge in [-0.3, -0.25) is 10.1 Å². The number of nitrogens with zero attached hydrogens (tertiary/aromatic N) is 1. The molecule has 0 aliphatic heterocycles. The van der Waals surface area contributed by atoms with Crippen molar-refractivity contribution in [3.8, 4) is 0 Å². The number of nitro groups is 1. The third-order valence-electron chi connectivity index (χ3n) is 2.11. The van der Waals surface area contributed by atoms with Crippen molar-refractivity contribution >= 4 is 0 Å². The van der Waals surface area contributed by atoms with Crippen LogP contribution in [0.25, 0.3) is 0 Å². The van der Waals surface area contributed by atoms with E-state index in [1.807, 2.05) is 0 Å². The van der Waals surface area contributed by atoms with Crippen molar-refractivity contribution in [3.05, 3.63) is 34.4 Å². The second kappa shape index (κ2) is 3.68. The Morgan fingerprint density at radius 3 is 2.85 bits per heavy atom. The number of hydrogen-bond donors (Lipinski definition) is 1. The molecule has 13 heavy (non-hydrogen) atoms. The van der Waals surface area contributed by atoms with E-state index in [0.29, 0.717) is 0 Å². The predicted octanol–water partition coefficient (Wildman–Crippen LogP) is 0.102. The highest BCUT2D eigenvalue weighted by Gasteiger charge is 2.46. The Morgan fingerprint density at radius 2 is 2.38 bits per heavy atom. The molecular weight excluding hydrogens is 172 g/mol. The molecule has 0 heterocycles. The molecule has 1 aliphatic carbocycles. The van der Waals surface area contributed by atoms with Crippen molar-refractivity contribution in [2.45, 2.75) is 11.6 Å². The van der Waals surface area contributed by atoms with E-state index in [0.717, 1.165) is 0 Å². The van der Waals surface area contributed by atoms with E-state index >= 15 is 0 Å². The number of rotatable bonds is 3. The van der Waals surface area contributed by atoms with Gasteiger partial charge in [-0.05, 0) is 6.08 Å². The lowest BCUT2D eigenvalue weighted by Gasteiger charge is -2.26. The van der Waals surface area contributed by atoms with Gasteiger partial charge in [-0.2, -0.15) is 0 Å². The summed E-state index contributed by atoms with van der Waals surface area (Å²) in [5.74, 6) is 0. The minimum absolute atomic E-state index is 0.0119. The highest BCUT2D eigenvalue weighted by molar-refractivity contribution is 5.24. The summed E-state index contributed by atoms with van der Waals surface area (Å²) in [5.41, 5.74) is 4.34. The number of nitrogens with two attached hydrogens (primary N) is 1. The second-order valence-electron chi connectivity index (χ2n) is 2.95. The Balaban J connectivity index is 2.96. The van der Waals surface area contributed by atoms with E-state index in [9.17, 15) is 10.1 Å². The van der Waals surface area contributed by atoms with E-state index in [4.69, 9.17) is 10.5 Å². The first-order valence-corrected chi connectivity index (χ1v) is 3.88. The standard InChI is InChI=1S/C8H12N2O3/c1-13-6-8(10(11)12)5-3-2-4-7(8)9/h2-5,7H,6,9H2,1H3. The molecule has 5 nitrogen and oxygen atoms in total. The van der Waals surface area contributed by atoms with Gasteiger partial charge in [0, 0.05) is 12.0 Å². The Kier molecular flexibility index (Phi) is 2.79. The zero-order valence-corrected chi connectivity index (χ0v) is 7.34. The summed E-state index contributed by atoms with van der Waals surface area (Å²) in [6, 6.07) is -0.632. The molecule has 72 valence electrons. The van der Waals surface area contributed by atoms with Gasteiger partial charge < -0.3 is 10.5 Å². The molecule has 1 rings (SSSR count). The number of ether oxygens (including phenoxy) is 1. The fraction of sp³-hybridized carbons (Fsp3) is 0.500. The van der Waals surface area contributed by atoms with Crippen LogP contribution in [0, 0.1) is 10.1 Å². The minimum Gasteiger partial charge on any atom is -0.377 e. The van der Waals surface area contributed by atoms with E-state index < -0.39 is 16.5 Å². The molecule has 0 aromatic rings. The van der Waals surface area contributed by atoms with Crippen LogP contribution < -0.4 is 5.73 Å². The van der Waals surface area contributed by atoms with Gasteiger partial charge in [-0.15, -0.1) is 0 Å². The molecule has 2 N–H and O–H groups in total. The monoisotopic (exact) mass is 184 g/mol. The molecule has 0 saturated heterocycles. The Bertz CT molecular complexity index is 262. The van der Waals surface area contributed by atoms with Crippen LogP contribution in [0.4, 0.5) is 0 Å². The quantitative estimate of drug-likeness (QED) is 0.498. The molecule has 1 aliphatic rings. The first kappa shape index (κ1) is 9.88. The lowest BCUT2D eigenvalue weighted by atomic mass is 9.88. The lowest BCUT2D eigenvalue weighted by molar-refractivity contribution is -0.560. The summed E-state index contributed by atoms with van der Waals surface area (Å²) < 4.78 is 4.81. The molecular formula is C8H12N2O3. The molecule has 5 heteroatoms. The SMILES string of the molecule is COCC1([N+](=O)[O-])C=CC=CC1N. The molecule has 0 amide bonds. The van der Waals surface area contributed by atoms with Crippen LogP contribution in [0.3, 0.4) is 0 Å². The van der Waals surface area contributed by atoms with Gasteiger partial charge in [0.05, 0.1) is 0 Å². The van der Waals surface area contributed by atoms with Gasteiger partial charge in [0.25, 0.3) is 5.54 Å².